The lowest BCUT2D eigenvalue weighted by Gasteiger charge is -2.37. The van der Waals surface area contributed by atoms with E-state index in [4.69, 9.17) is 4.42 Å². The molecule has 0 bridgehead atoms. The van der Waals surface area contributed by atoms with Crippen molar-refractivity contribution in [1.82, 2.24) is 9.88 Å². The van der Waals surface area contributed by atoms with Crippen molar-refractivity contribution in [3.8, 4) is 0 Å². The molecule has 1 fully saturated rings. The smallest absolute Gasteiger partial charge is 0.254 e. The van der Waals surface area contributed by atoms with Gasteiger partial charge in [-0.05, 0) is 49.2 Å². The first-order valence-electron chi connectivity index (χ1n) is 8.57. The van der Waals surface area contributed by atoms with Gasteiger partial charge in [-0.15, -0.1) is 0 Å². The van der Waals surface area contributed by atoms with Crippen LogP contribution in [0.5, 0.6) is 0 Å². The van der Waals surface area contributed by atoms with Gasteiger partial charge in [0.05, 0.1) is 0 Å². The Morgan fingerprint density at radius 2 is 1.88 bits per heavy atom. The van der Waals surface area contributed by atoms with Crippen molar-refractivity contribution < 1.29 is 9.21 Å². The number of nitrogens with zero attached hydrogens (tertiary/aromatic N) is 3. The number of benzene rings is 2. The summed E-state index contributed by atoms with van der Waals surface area (Å²) >= 11 is 0. The number of rotatable bonds is 2. The molecule has 0 aliphatic carbocycles. The second kappa shape index (κ2) is 6.24. The number of carbonyl (C=O) groups excluding carboxylic acids is 1. The zero-order valence-corrected chi connectivity index (χ0v) is 14.5. The molecule has 3 aromatic rings. The Labute approximate surface area is 146 Å². The van der Waals surface area contributed by atoms with E-state index >= 15 is 0 Å². The molecule has 1 saturated heterocycles. The highest BCUT2D eigenvalue weighted by Gasteiger charge is 2.23. The van der Waals surface area contributed by atoms with Crippen LogP contribution >= 0.6 is 0 Å². The highest BCUT2D eigenvalue weighted by Crippen LogP contribution is 2.24. The molecule has 128 valence electrons. The van der Waals surface area contributed by atoms with Gasteiger partial charge in [0.2, 0.25) is 0 Å². The molecule has 1 aliphatic rings. The fraction of sp³-hybridized carbons (Fsp3) is 0.300. The number of aromatic nitrogens is 1. The maximum Gasteiger partial charge on any atom is 0.254 e. The number of carbonyl (C=O) groups is 1. The van der Waals surface area contributed by atoms with Crippen LogP contribution in [0.25, 0.3) is 11.1 Å². The normalized spacial score (nSPS) is 15.0. The molecule has 0 atom stereocenters. The summed E-state index contributed by atoms with van der Waals surface area (Å²) in [7, 11) is 0. The quantitative estimate of drug-likeness (QED) is 0.720. The number of fused-ring (bicyclic) bond motifs is 1. The zero-order valence-electron chi connectivity index (χ0n) is 14.5. The Hall–Kier alpha value is -2.82. The van der Waals surface area contributed by atoms with Gasteiger partial charge in [-0.1, -0.05) is 12.1 Å². The Morgan fingerprint density at radius 3 is 2.68 bits per heavy atom. The molecule has 2 heterocycles. The van der Waals surface area contributed by atoms with Crippen molar-refractivity contribution in [3.63, 3.8) is 0 Å². The minimum atomic E-state index is 0.0607. The molecule has 4 rings (SSSR count). The second-order valence-corrected chi connectivity index (χ2v) is 6.53. The number of piperazine rings is 1. The molecule has 0 unspecified atom stereocenters. The maximum absolute atomic E-state index is 12.8. The molecular weight excluding hydrogens is 314 g/mol. The van der Waals surface area contributed by atoms with Gasteiger partial charge in [-0.25, -0.2) is 4.98 Å². The Kier molecular flexibility index (Phi) is 3.92. The zero-order chi connectivity index (χ0) is 17.4. The number of amides is 1. The molecular formula is C20H21N3O2. The number of oxazole rings is 1. The lowest BCUT2D eigenvalue weighted by atomic mass is 10.1. The van der Waals surface area contributed by atoms with Gasteiger partial charge >= 0.3 is 0 Å². The van der Waals surface area contributed by atoms with Gasteiger partial charge in [0.25, 0.3) is 5.91 Å². The summed E-state index contributed by atoms with van der Waals surface area (Å²) in [6.45, 7) is 7.45. The Morgan fingerprint density at radius 1 is 1.08 bits per heavy atom. The molecule has 1 aliphatic heterocycles. The van der Waals surface area contributed by atoms with Crippen LogP contribution in [0.3, 0.4) is 0 Å². The predicted octanol–water partition coefficient (Wildman–Crippen LogP) is 3.41. The minimum absolute atomic E-state index is 0.0607. The molecule has 0 saturated carbocycles. The van der Waals surface area contributed by atoms with Crippen LogP contribution in [-0.2, 0) is 0 Å². The van der Waals surface area contributed by atoms with Crippen molar-refractivity contribution in [3.05, 3.63) is 59.5 Å². The summed E-state index contributed by atoms with van der Waals surface area (Å²) in [4.78, 5) is 21.2. The van der Waals surface area contributed by atoms with E-state index in [1.165, 1.54) is 23.2 Å². The fourth-order valence-corrected chi connectivity index (χ4v) is 3.40. The van der Waals surface area contributed by atoms with Gasteiger partial charge in [0.1, 0.15) is 5.52 Å². The molecule has 0 N–H and O–H groups in total. The van der Waals surface area contributed by atoms with E-state index in [0.717, 1.165) is 31.7 Å². The van der Waals surface area contributed by atoms with Crippen LogP contribution in [0.4, 0.5) is 5.69 Å². The lowest BCUT2D eigenvalue weighted by Crippen LogP contribution is -2.49. The van der Waals surface area contributed by atoms with Gasteiger partial charge in [0.15, 0.2) is 12.0 Å². The van der Waals surface area contributed by atoms with Gasteiger partial charge in [-0.2, -0.15) is 0 Å². The van der Waals surface area contributed by atoms with E-state index in [1.54, 1.807) is 6.07 Å². The minimum Gasteiger partial charge on any atom is -0.443 e. The van der Waals surface area contributed by atoms with Crippen LogP contribution in [0, 0.1) is 13.8 Å². The van der Waals surface area contributed by atoms with E-state index in [-0.39, 0.29) is 5.91 Å². The number of hydrogen-bond donors (Lipinski definition) is 0. The fourth-order valence-electron chi connectivity index (χ4n) is 3.40. The molecule has 1 aromatic heterocycles. The molecule has 5 heteroatoms. The first-order valence-corrected chi connectivity index (χ1v) is 8.57. The highest BCUT2D eigenvalue weighted by atomic mass is 16.3. The first-order chi connectivity index (χ1) is 12.1. The second-order valence-electron chi connectivity index (χ2n) is 6.53. The summed E-state index contributed by atoms with van der Waals surface area (Å²) in [6, 6.07) is 11.8. The summed E-state index contributed by atoms with van der Waals surface area (Å²) in [5.41, 5.74) is 5.99. The van der Waals surface area contributed by atoms with Crippen molar-refractivity contribution in [2.75, 3.05) is 31.1 Å². The van der Waals surface area contributed by atoms with Gasteiger partial charge in [0, 0.05) is 37.4 Å². The molecule has 0 radical (unpaired) electrons. The van der Waals surface area contributed by atoms with E-state index in [0.29, 0.717) is 11.1 Å². The van der Waals surface area contributed by atoms with Crippen LogP contribution in [0.1, 0.15) is 21.5 Å². The Balaban J connectivity index is 1.47. The standard InChI is InChI=1S/C20H21N3O2/c1-14-4-3-5-18(15(14)2)22-8-10-23(11-9-22)20(24)16-6-7-19-17(12-16)21-13-25-19/h3-7,12-13H,8-11H2,1-2H3. The summed E-state index contributed by atoms with van der Waals surface area (Å²) in [6.07, 6.45) is 1.40. The van der Waals surface area contributed by atoms with Crippen LogP contribution < -0.4 is 4.90 Å². The topological polar surface area (TPSA) is 49.6 Å². The number of anilines is 1. The summed E-state index contributed by atoms with van der Waals surface area (Å²) < 4.78 is 5.24. The maximum atomic E-state index is 12.8. The van der Waals surface area contributed by atoms with E-state index in [2.05, 4.69) is 41.9 Å². The van der Waals surface area contributed by atoms with Crippen molar-refractivity contribution in [2.24, 2.45) is 0 Å². The molecule has 0 spiro atoms. The first kappa shape index (κ1) is 15.7. The monoisotopic (exact) mass is 335 g/mol. The third-order valence-corrected chi connectivity index (χ3v) is 5.06. The number of aryl methyl sites for hydroxylation is 1. The molecule has 1 amide bonds. The van der Waals surface area contributed by atoms with Crippen LogP contribution in [0.2, 0.25) is 0 Å². The Bertz CT molecular complexity index is 924. The van der Waals surface area contributed by atoms with Gasteiger partial charge < -0.3 is 14.2 Å². The highest BCUT2D eigenvalue weighted by molar-refractivity contribution is 5.97. The van der Waals surface area contributed by atoms with Crippen molar-refractivity contribution in [1.29, 1.82) is 0 Å². The average Bonchev–Trinajstić information content (AvgIpc) is 3.11. The van der Waals surface area contributed by atoms with E-state index in [9.17, 15) is 4.79 Å². The largest absolute Gasteiger partial charge is 0.443 e. The van der Waals surface area contributed by atoms with Crippen molar-refractivity contribution >= 4 is 22.7 Å². The van der Waals surface area contributed by atoms with E-state index < -0.39 is 0 Å². The van der Waals surface area contributed by atoms with Crippen LogP contribution in [0.15, 0.2) is 47.2 Å². The number of hydrogen-bond acceptors (Lipinski definition) is 4. The third-order valence-electron chi connectivity index (χ3n) is 5.06. The lowest BCUT2D eigenvalue weighted by molar-refractivity contribution is 0.0747. The predicted molar refractivity (Wildman–Crippen MR) is 98.0 cm³/mol. The third kappa shape index (κ3) is 2.86. The molecule has 2 aromatic carbocycles. The van der Waals surface area contributed by atoms with Gasteiger partial charge in [-0.3, -0.25) is 4.79 Å². The SMILES string of the molecule is Cc1cccc(N2CCN(C(=O)c3ccc4ocnc4c3)CC2)c1C. The van der Waals surface area contributed by atoms with E-state index in [1.807, 2.05) is 17.0 Å². The average molecular weight is 335 g/mol. The summed E-state index contributed by atoms with van der Waals surface area (Å²) in [5.74, 6) is 0.0607. The summed E-state index contributed by atoms with van der Waals surface area (Å²) in [5, 5.41) is 0. The molecule has 25 heavy (non-hydrogen) atoms. The van der Waals surface area contributed by atoms with Crippen molar-refractivity contribution in [2.45, 2.75) is 13.8 Å². The molecule has 5 nitrogen and oxygen atoms in total. The van der Waals surface area contributed by atoms with Crippen LogP contribution in [-0.4, -0.2) is 42.0 Å².